The zero-order valence-electron chi connectivity index (χ0n) is 14.5. The predicted molar refractivity (Wildman–Crippen MR) is 110 cm³/mol. The van der Waals surface area contributed by atoms with Crippen LogP contribution in [0.1, 0.15) is 0 Å². The highest BCUT2D eigenvalue weighted by molar-refractivity contribution is 9.10. The average Bonchev–Trinajstić information content (AvgIpc) is 3.06. The van der Waals surface area contributed by atoms with Crippen LogP contribution in [0.5, 0.6) is 5.75 Å². The first-order chi connectivity index (χ1) is 13.9. The molecule has 0 atom stereocenters. The van der Waals surface area contributed by atoms with Crippen LogP contribution < -0.4 is 0 Å². The Bertz CT molecular complexity index is 1270. The fraction of sp³-hybridized carbons (Fsp3) is 0. The van der Waals surface area contributed by atoms with Gasteiger partial charge in [-0.15, -0.1) is 0 Å². The number of phenolic OH excluding ortho intramolecular Hbond substituents is 1. The van der Waals surface area contributed by atoms with E-state index >= 15 is 0 Å². The molecule has 4 aromatic rings. The monoisotopic (exact) mass is 454 g/mol. The third kappa shape index (κ3) is 2.92. The van der Waals surface area contributed by atoms with E-state index < -0.39 is 27.0 Å². The molecular formula is C20H11BrN2O6. The van der Waals surface area contributed by atoms with E-state index in [0.717, 1.165) is 0 Å². The SMILES string of the molecule is O=[N+]([O-])c1c(-c2ccccc2)c([N+](=O)[O-])c2oc(-c3ccccc3)c(Br)c2c1O. The van der Waals surface area contributed by atoms with Crippen molar-refractivity contribution >= 4 is 38.3 Å². The summed E-state index contributed by atoms with van der Waals surface area (Å²) >= 11 is 3.29. The Morgan fingerprint density at radius 2 is 1.34 bits per heavy atom. The molecular weight excluding hydrogens is 444 g/mol. The van der Waals surface area contributed by atoms with Gasteiger partial charge in [-0.25, -0.2) is 0 Å². The molecule has 0 aliphatic carbocycles. The molecule has 1 N–H and O–H groups in total. The lowest BCUT2D eigenvalue weighted by Crippen LogP contribution is -1.99. The highest BCUT2D eigenvalue weighted by Gasteiger charge is 2.38. The first-order valence-corrected chi connectivity index (χ1v) is 9.11. The van der Waals surface area contributed by atoms with Crippen molar-refractivity contribution in [3.63, 3.8) is 0 Å². The lowest BCUT2D eigenvalue weighted by Gasteiger charge is -2.07. The van der Waals surface area contributed by atoms with E-state index in [9.17, 15) is 25.3 Å². The molecule has 8 nitrogen and oxygen atoms in total. The maximum absolute atomic E-state index is 12.0. The Morgan fingerprint density at radius 1 is 0.828 bits per heavy atom. The van der Waals surface area contributed by atoms with Crippen LogP contribution in [0, 0.1) is 20.2 Å². The van der Waals surface area contributed by atoms with Crippen molar-refractivity contribution in [1.82, 2.24) is 0 Å². The lowest BCUT2D eigenvalue weighted by atomic mass is 9.98. The van der Waals surface area contributed by atoms with E-state index in [1.54, 1.807) is 48.5 Å². The molecule has 1 aromatic heterocycles. The van der Waals surface area contributed by atoms with Gasteiger partial charge in [0.2, 0.25) is 11.3 Å². The number of aromatic hydroxyl groups is 1. The first kappa shape index (κ1) is 18.6. The summed E-state index contributed by atoms with van der Waals surface area (Å²) in [6.07, 6.45) is 0. The summed E-state index contributed by atoms with van der Waals surface area (Å²) in [6, 6.07) is 16.6. The molecule has 0 spiro atoms. The Morgan fingerprint density at radius 3 is 1.86 bits per heavy atom. The largest absolute Gasteiger partial charge is 0.502 e. The number of benzene rings is 3. The van der Waals surface area contributed by atoms with E-state index in [4.69, 9.17) is 4.42 Å². The second kappa shape index (κ2) is 7.02. The molecule has 1 heterocycles. The highest BCUT2D eigenvalue weighted by atomic mass is 79.9. The van der Waals surface area contributed by atoms with Gasteiger partial charge in [0, 0.05) is 5.56 Å². The Hall–Kier alpha value is -3.72. The zero-order valence-corrected chi connectivity index (χ0v) is 16.1. The number of phenols is 1. The van der Waals surface area contributed by atoms with E-state index in [0.29, 0.717) is 5.56 Å². The minimum absolute atomic E-state index is 0.123. The van der Waals surface area contributed by atoms with Crippen molar-refractivity contribution in [2.75, 3.05) is 0 Å². The summed E-state index contributed by atoms with van der Waals surface area (Å²) in [7, 11) is 0. The normalized spacial score (nSPS) is 10.9. The minimum Gasteiger partial charge on any atom is -0.502 e. The van der Waals surface area contributed by atoms with Gasteiger partial charge in [0.15, 0.2) is 0 Å². The quantitative estimate of drug-likeness (QED) is 0.295. The van der Waals surface area contributed by atoms with Gasteiger partial charge >= 0.3 is 11.4 Å². The standard InChI is InChI=1S/C20H11BrN2O6/c21-15-14-18(24)16(22(25)26)13(11-7-3-1-4-8-11)17(23(27)28)20(14)29-19(15)12-9-5-2-6-10-12/h1-10,24H. The smallest absolute Gasteiger partial charge is 0.327 e. The van der Waals surface area contributed by atoms with Crippen LogP contribution in [0.3, 0.4) is 0 Å². The second-order valence-electron chi connectivity index (χ2n) is 6.12. The maximum atomic E-state index is 12.0. The van der Waals surface area contributed by atoms with Crippen LogP contribution >= 0.6 is 15.9 Å². The van der Waals surface area contributed by atoms with Gasteiger partial charge in [0.05, 0.1) is 19.7 Å². The van der Waals surface area contributed by atoms with Crippen molar-refractivity contribution in [3.8, 4) is 28.2 Å². The minimum atomic E-state index is -0.828. The molecule has 3 aromatic carbocycles. The van der Waals surface area contributed by atoms with Crippen molar-refractivity contribution in [2.24, 2.45) is 0 Å². The number of nitrogens with zero attached hydrogens (tertiary/aromatic N) is 2. The zero-order chi connectivity index (χ0) is 20.7. The molecule has 0 aliphatic rings. The Kier molecular flexibility index (Phi) is 4.51. The first-order valence-electron chi connectivity index (χ1n) is 8.32. The van der Waals surface area contributed by atoms with E-state index in [-0.39, 0.29) is 32.3 Å². The van der Waals surface area contributed by atoms with Gasteiger partial charge in [-0.1, -0.05) is 60.7 Å². The van der Waals surface area contributed by atoms with Crippen LogP contribution in [0.2, 0.25) is 0 Å². The summed E-state index contributed by atoms with van der Waals surface area (Å²) in [5.41, 5.74) is -1.09. The van der Waals surface area contributed by atoms with Crippen molar-refractivity contribution in [3.05, 3.63) is 85.4 Å². The summed E-state index contributed by atoms with van der Waals surface area (Å²) < 4.78 is 5.98. The molecule has 0 radical (unpaired) electrons. The number of fused-ring (bicyclic) bond motifs is 1. The topological polar surface area (TPSA) is 120 Å². The number of nitro benzene ring substituents is 2. The molecule has 4 rings (SSSR count). The number of nitro groups is 2. The fourth-order valence-corrected chi connectivity index (χ4v) is 3.93. The number of hydrogen-bond acceptors (Lipinski definition) is 6. The molecule has 0 bridgehead atoms. The van der Waals surface area contributed by atoms with Crippen LogP contribution in [0.15, 0.2) is 69.6 Å². The second-order valence-corrected chi connectivity index (χ2v) is 6.91. The van der Waals surface area contributed by atoms with Gasteiger partial charge in [-0.2, -0.15) is 0 Å². The van der Waals surface area contributed by atoms with Crippen LogP contribution in [0.25, 0.3) is 33.4 Å². The number of rotatable bonds is 4. The van der Waals surface area contributed by atoms with Gasteiger partial charge in [-0.3, -0.25) is 20.2 Å². The summed E-state index contributed by atoms with van der Waals surface area (Å²) in [5.74, 6) is -0.481. The van der Waals surface area contributed by atoms with Crippen molar-refractivity contribution in [1.29, 1.82) is 0 Å². The molecule has 0 saturated carbocycles. The summed E-state index contributed by atoms with van der Waals surface area (Å²) in [4.78, 5) is 22.2. The molecule has 144 valence electrons. The van der Waals surface area contributed by atoms with E-state index in [1.807, 2.05) is 0 Å². The molecule has 0 aliphatic heterocycles. The summed E-state index contributed by atoms with van der Waals surface area (Å²) in [5, 5.41) is 34.4. The third-order valence-electron chi connectivity index (χ3n) is 4.46. The highest BCUT2D eigenvalue weighted by Crippen LogP contribution is 2.54. The van der Waals surface area contributed by atoms with Crippen LogP contribution in [-0.2, 0) is 0 Å². The Labute approximate surface area is 171 Å². The third-order valence-corrected chi connectivity index (χ3v) is 5.22. The van der Waals surface area contributed by atoms with Crippen LogP contribution in [0.4, 0.5) is 11.4 Å². The molecule has 0 saturated heterocycles. The number of furan rings is 1. The lowest BCUT2D eigenvalue weighted by molar-refractivity contribution is -0.392. The van der Waals surface area contributed by atoms with E-state index in [2.05, 4.69) is 15.9 Å². The number of hydrogen-bond donors (Lipinski definition) is 1. The average molecular weight is 455 g/mol. The van der Waals surface area contributed by atoms with Crippen molar-refractivity contribution < 1.29 is 19.4 Å². The van der Waals surface area contributed by atoms with Gasteiger partial charge in [-0.05, 0) is 21.5 Å². The number of halogens is 1. The molecule has 29 heavy (non-hydrogen) atoms. The van der Waals surface area contributed by atoms with Gasteiger partial charge < -0.3 is 9.52 Å². The predicted octanol–water partition coefficient (Wildman–Crippen LogP) is 6.05. The summed E-state index contributed by atoms with van der Waals surface area (Å²) in [6.45, 7) is 0. The molecule has 9 heteroatoms. The molecule has 0 amide bonds. The molecule has 0 fully saturated rings. The fourth-order valence-electron chi connectivity index (χ4n) is 3.26. The maximum Gasteiger partial charge on any atom is 0.327 e. The van der Waals surface area contributed by atoms with E-state index in [1.165, 1.54) is 12.1 Å². The van der Waals surface area contributed by atoms with Gasteiger partial charge in [0.25, 0.3) is 0 Å². The van der Waals surface area contributed by atoms with Gasteiger partial charge in [0.1, 0.15) is 11.3 Å². The van der Waals surface area contributed by atoms with Crippen LogP contribution in [-0.4, -0.2) is 15.0 Å². The molecule has 0 unspecified atom stereocenters. The Balaban J connectivity index is 2.21. The van der Waals surface area contributed by atoms with Crippen molar-refractivity contribution in [2.45, 2.75) is 0 Å².